The number of furan rings is 1. The molecule has 0 bridgehead atoms. The van der Waals surface area contributed by atoms with Gasteiger partial charge in [0.2, 0.25) is 0 Å². The van der Waals surface area contributed by atoms with Gasteiger partial charge in [0.15, 0.2) is 5.69 Å². The van der Waals surface area contributed by atoms with Gasteiger partial charge in [0.25, 0.3) is 11.5 Å². The van der Waals surface area contributed by atoms with Crippen LogP contribution in [-0.2, 0) is 6.54 Å². The summed E-state index contributed by atoms with van der Waals surface area (Å²) < 4.78 is 5.22. The number of amides is 1. The van der Waals surface area contributed by atoms with Crippen molar-refractivity contribution < 1.29 is 9.21 Å². The van der Waals surface area contributed by atoms with E-state index >= 15 is 0 Å². The van der Waals surface area contributed by atoms with Crippen LogP contribution in [0.1, 0.15) is 16.2 Å². The number of aromatic nitrogens is 2. The Morgan fingerprint density at radius 2 is 2.00 bits per heavy atom. The summed E-state index contributed by atoms with van der Waals surface area (Å²) >= 11 is 0. The molecule has 0 aliphatic rings. The zero-order valence-electron chi connectivity index (χ0n) is 11.4. The molecule has 0 fully saturated rings. The van der Waals surface area contributed by atoms with Gasteiger partial charge in [0, 0.05) is 12.4 Å². The van der Waals surface area contributed by atoms with Gasteiger partial charge in [-0.3, -0.25) is 9.59 Å². The molecule has 0 aliphatic carbocycles. The first kappa shape index (κ1) is 13.1. The van der Waals surface area contributed by atoms with Crippen molar-refractivity contribution in [3.63, 3.8) is 0 Å². The Bertz CT molecular complexity index is 837. The Morgan fingerprint density at radius 3 is 2.71 bits per heavy atom. The normalized spacial score (nSPS) is 10.7. The predicted octanol–water partition coefficient (Wildman–Crippen LogP) is 1.79. The van der Waals surface area contributed by atoms with Crippen molar-refractivity contribution in [1.82, 2.24) is 15.1 Å². The van der Waals surface area contributed by atoms with Crippen LogP contribution >= 0.6 is 0 Å². The highest BCUT2D eigenvalue weighted by atomic mass is 16.3. The van der Waals surface area contributed by atoms with Crippen LogP contribution in [0.15, 0.2) is 51.9 Å². The molecule has 0 radical (unpaired) electrons. The summed E-state index contributed by atoms with van der Waals surface area (Å²) in [5.41, 5.74) is -0.0879. The number of H-pyrrole nitrogens is 1. The summed E-state index contributed by atoms with van der Waals surface area (Å²) in [6.07, 6.45) is 1.56. The summed E-state index contributed by atoms with van der Waals surface area (Å²) in [4.78, 5) is 25.7. The van der Waals surface area contributed by atoms with E-state index < -0.39 is 0 Å². The first-order valence-electron chi connectivity index (χ1n) is 6.42. The van der Waals surface area contributed by atoms with Crippen LogP contribution in [0.3, 0.4) is 0 Å². The highest BCUT2D eigenvalue weighted by Gasteiger charge is 2.18. The third kappa shape index (κ3) is 2.43. The van der Waals surface area contributed by atoms with Gasteiger partial charge in [-0.05, 0) is 18.2 Å². The number of aromatic amines is 1. The van der Waals surface area contributed by atoms with Crippen LogP contribution in [0.2, 0.25) is 0 Å². The van der Waals surface area contributed by atoms with Crippen LogP contribution in [0, 0.1) is 0 Å². The topological polar surface area (TPSA) is 79.2 Å². The molecule has 106 valence electrons. The molecule has 0 unspecified atom stereocenters. The van der Waals surface area contributed by atoms with Crippen molar-refractivity contribution in [2.75, 3.05) is 7.05 Å². The SMILES string of the molecule is CN(Cc1ccco1)C(=O)c1n[nH]c(=O)c2ccccc12. The van der Waals surface area contributed by atoms with E-state index in [2.05, 4.69) is 10.2 Å². The van der Waals surface area contributed by atoms with Crippen molar-refractivity contribution in [1.29, 1.82) is 0 Å². The van der Waals surface area contributed by atoms with Crippen molar-refractivity contribution in [3.8, 4) is 0 Å². The maximum atomic E-state index is 12.5. The summed E-state index contributed by atoms with van der Waals surface area (Å²) in [6.45, 7) is 0.334. The molecule has 21 heavy (non-hydrogen) atoms. The van der Waals surface area contributed by atoms with Gasteiger partial charge in [-0.15, -0.1) is 0 Å². The Morgan fingerprint density at radius 1 is 1.24 bits per heavy atom. The third-order valence-corrected chi connectivity index (χ3v) is 3.22. The molecule has 1 N–H and O–H groups in total. The Kier molecular flexibility index (Phi) is 3.27. The first-order valence-corrected chi connectivity index (χ1v) is 6.42. The molecule has 6 heteroatoms. The molecular formula is C15H13N3O3. The molecule has 0 saturated heterocycles. The number of carbonyl (C=O) groups excluding carboxylic acids is 1. The second-order valence-corrected chi connectivity index (χ2v) is 4.69. The number of fused-ring (bicyclic) bond motifs is 1. The molecule has 3 rings (SSSR count). The average Bonchev–Trinajstić information content (AvgIpc) is 3.00. The molecule has 0 spiro atoms. The largest absolute Gasteiger partial charge is 0.467 e. The summed E-state index contributed by atoms with van der Waals surface area (Å²) in [6, 6.07) is 10.5. The number of benzene rings is 1. The van der Waals surface area contributed by atoms with Gasteiger partial charge in [-0.1, -0.05) is 18.2 Å². The van der Waals surface area contributed by atoms with E-state index in [0.29, 0.717) is 23.1 Å². The van der Waals surface area contributed by atoms with Crippen LogP contribution < -0.4 is 5.56 Å². The summed E-state index contributed by atoms with van der Waals surface area (Å²) in [7, 11) is 1.66. The second-order valence-electron chi connectivity index (χ2n) is 4.69. The highest BCUT2D eigenvalue weighted by molar-refractivity contribution is 6.04. The fourth-order valence-corrected chi connectivity index (χ4v) is 2.17. The van der Waals surface area contributed by atoms with Gasteiger partial charge in [0.05, 0.1) is 18.2 Å². The van der Waals surface area contributed by atoms with Crippen molar-refractivity contribution >= 4 is 16.7 Å². The van der Waals surface area contributed by atoms with Gasteiger partial charge in [-0.25, -0.2) is 5.10 Å². The zero-order valence-corrected chi connectivity index (χ0v) is 11.4. The molecule has 1 aromatic carbocycles. The minimum Gasteiger partial charge on any atom is -0.467 e. The fourth-order valence-electron chi connectivity index (χ4n) is 2.17. The number of hydrogen-bond donors (Lipinski definition) is 1. The Balaban J connectivity index is 1.98. The van der Waals surface area contributed by atoms with Crippen molar-refractivity contribution in [2.24, 2.45) is 0 Å². The zero-order chi connectivity index (χ0) is 14.8. The van der Waals surface area contributed by atoms with Gasteiger partial charge in [0.1, 0.15) is 5.76 Å². The molecule has 0 aliphatic heterocycles. The van der Waals surface area contributed by atoms with E-state index in [-0.39, 0.29) is 17.2 Å². The van der Waals surface area contributed by atoms with Crippen LogP contribution in [0.25, 0.3) is 10.8 Å². The lowest BCUT2D eigenvalue weighted by Crippen LogP contribution is -2.28. The molecule has 1 amide bonds. The minimum absolute atomic E-state index is 0.222. The molecule has 0 saturated carbocycles. The molecule has 2 heterocycles. The first-order chi connectivity index (χ1) is 10.2. The standard InChI is InChI=1S/C15H13N3O3/c1-18(9-10-5-4-8-21-10)15(20)13-11-6-2-3-7-12(11)14(19)17-16-13/h2-8H,9H2,1H3,(H,17,19). The van der Waals surface area contributed by atoms with E-state index in [4.69, 9.17) is 4.42 Å². The smallest absolute Gasteiger partial charge is 0.275 e. The van der Waals surface area contributed by atoms with Gasteiger partial charge < -0.3 is 9.32 Å². The number of hydrogen-bond acceptors (Lipinski definition) is 4. The molecular weight excluding hydrogens is 270 g/mol. The Hall–Kier alpha value is -2.89. The van der Waals surface area contributed by atoms with E-state index in [0.717, 1.165) is 0 Å². The second kappa shape index (κ2) is 5.24. The summed E-state index contributed by atoms with van der Waals surface area (Å²) in [5.74, 6) is 0.401. The van der Waals surface area contributed by atoms with Crippen LogP contribution in [0.5, 0.6) is 0 Å². The van der Waals surface area contributed by atoms with E-state index in [1.54, 1.807) is 49.7 Å². The molecule has 6 nitrogen and oxygen atoms in total. The predicted molar refractivity (Wildman–Crippen MR) is 76.9 cm³/mol. The number of nitrogens with zero attached hydrogens (tertiary/aromatic N) is 2. The molecule has 3 aromatic rings. The third-order valence-electron chi connectivity index (χ3n) is 3.22. The number of carbonyl (C=O) groups is 1. The number of rotatable bonds is 3. The summed E-state index contributed by atoms with van der Waals surface area (Å²) in [5, 5.41) is 7.24. The monoisotopic (exact) mass is 283 g/mol. The minimum atomic E-state index is -0.309. The average molecular weight is 283 g/mol. The maximum Gasteiger partial charge on any atom is 0.275 e. The van der Waals surface area contributed by atoms with Crippen molar-refractivity contribution in [3.05, 3.63) is 64.5 Å². The van der Waals surface area contributed by atoms with Gasteiger partial charge >= 0.3 is 0 Å². The van der Waals surface area contributed by atoms with E-state index in [9.17, 15) is 9.59 Å². The van der Waals surface area contributed by atoms with E-state index in [1.165, 1.54) is 4.90 Å². The van der Waals surface area contributed by atoms with Crippen LogP contribution in [-0.4, -0.2) is 28.1 Å². The highest BCUT2D eigenvalue weighted by Crippen LogP contribution is 2.15. The molecule has 0 atom stereocenters. The van der Waals surface area contributed by atoms with Crippen LogP contribution in [0.4, 0.5) is 0 Å². The fraction of sp³-hybridized carbons (Fsp3) is 0.133. The lowest BCUT2D eigenvalue weighted by atomic mass is 10.1. The lowest BCUT2D eigenvalue weighted by Gasteiger charge is -2.15. The molecule has 2 aromatic heterocycles. The number of nitrogens with one attached hydrogen (secondary N) is 1. The van der Waals surface area contributed by atoms with E-state index in [1.807, 2.05) is 0 Å². The maximum absolute atomic E-state index is 12.5. The lowest BCUT2D eigenvalue weighted by molar-refractivity contribution is 0.0770. The Labute approximate surface area is 120 Å². The van der Waals surface area contributed by atoms with Gasteiger partial charge in [-0.2, -0.15) is 5.10 Å². The van der Waals surface area contributed by atoms with Crippen molar-refractivity contribution in [2.45, 2.75) is 6.54 Å². The quantitative estimate of drug-likeness (QED) is 0.794.